The van der Waals surface area contributed by atoms with E-state index in [0.717, 1.165) is 21.8 Å². The molecule has 0 aliphatic rings. The van der Waals surface area contributed by atoms with Gasteiger partial charge in [0, 0.05) is 29.9 Å². The number of rotatable bonds is 6. The number of nitrogens with zero attached hydrogens (tertiary/aromatic N) is 2. The average Bonchev–Trinajstić information content (AvgIpc) is 2.88. The molecule has 2 rings (SSSR count). The molecule has 0 aliphatic heterocycles. The molecule has 20 heavy (non-hydrogen) atoms. The Morgan fingerprint density at radius 3 is 2.75 bits per heavy atom. The standard InChI is InChI=1S/C14H15BrN2O2S/c1-17(8-10-2-4-11(15)5-3-10)14-16-12(9-20-14)6-7-13(18)19/h2-5,9H,6-8H2,1H3,(H,18,19). The predicted molar refractivity (Wildman–Crippen MR) is 84.3 cm³/mol. The maximum absolute atomic E-state index is 10.5. The van der Waals surface area contributed by atoms with Crippen molar-refractivity contribution in [1.29, 1.82) is 0 Å². The van der Waals surface area contributed by atoms with Gasteiger partial charge in [0.15, 0.2) is 5.13 Å². The Bertz CT molecular complexity index is 583. The molecular formula is C14H15BrN2O2S. The summed E-state index contributed by atoms with van der Waals surface area (Å²) in [6.07, 6.45) is 0.609. The van der Waals surface area contributed by atoms with Crippen molar-refractivity contribution < 1.29 is 9.90 Å². The Morgan fingerprint density at radius 1 is 1.40 bits per heavy atom. The monoisotopic (exact) mass is 354 g/mol. The number of carboxylic acids is 1. The predicted octanol–water partition coefficient (Wildman–Crippen LogP) is 3.56. The summed E-state index contributed by atoms with van der Waals surface area (Å²) in [4.78, 5) is 17.1. The van der Waals surface area contributed by atoms with E-state index in [9.17, 15) is 4.79 Å². The van der Waals surface area contributed by atoms with E-state index in [1.807, 2.05) is 24.6 Å². The molecule has 4 nitrogen and oxygen atoms in total. The Balaban J connectivity index is 1.96. The van der Waals surface area contributed by atoms with Crippen molar-refractivity contribution in [2.24, 2.45) is 0 Å². The minimum absolute atomic E-state index is 0.125. The van der Waals surface area contributed by atoms with Crippen molar-refractivity contribution in [1.82, 2.24) is 4.98 Å². The van der Waals surface area contributed by atoms with E-state index in [4.69, 9.17) is 5.11 Å². The number of aryl methyl sites for hydroxylation is 1. The van der Waals surface area contributed by atoms with Gasteiger partial charge in [-0.1, -0.05) is 28.1 Å². The summed E-state index contributed by atoms with van der Waals surface area (Å²) in [5.41, 5.74) is 2.05. The second-order valence-corrected chi connectivity index (χ2v) is 6.25. The first kappa shape index (κ1) is 15.0. The molecule has 0 unspecified atom stereocenters. The van der Waals surface area contributed by atoms with Crippen molar-refractivity contribution >= 4 is 38.4 Å². The second kappa shape index (κ2) is 6.85. The van der Waals surface area contributed by atoms with Crippen molar-refractivity contribution in [3.63, 3.8) is 0 Å². The number of anilines is 1. The van der Waals surface area contributed by atoms with Gasteiger partial charge in [0.2, 0.25) is 0 Å². The summed E-state index contributed by atoms with van der Waals surface area (Å²) < 4.78 is 1.06. The zero-order chi connectivity index (χ0) is 14.5. The largest absolute Gasteiger partial charge is 0.481 e. The summed E-state index contributed by atoms with van der Waals surface area (Å²) in [5, 5.41) is 11.5. The van der Waals surface area contributed by atoms with Crippen LogP contribution in [0.2, 0.25) is 0 Å². The topological polar surface area (TPSA) is 53.4 Å². The number of benzene rings is 1. The smallest absolute Gasteiger partial charge is 0.303 e. The fraction of sp³-hybridized carbons (Fsp3) is 0.286. The first-order valence-corrected chi connectivity index (χ1v) is 7.83. The van der Waals surface area contributed by atoms with Crippen LogP contribution in [0.25, 0.3) is 0 Å². The zero-order valence-corrected chi connectivity index (χ0v) is 13.4. The van der Waals surface area contributed by atoms with Crippen LogP contribution in [0.15, 0.2) is 34.1 Å². The fourth-order valence-corrected chi connectivity index (χ4v) is 2.84. The van der Waals surface area contributed by atoms with E-state index < -0.39 is 5.97 Å². The average molecular weight is 355 g/mol. The van der Waals surface area contributed by atoms with Crippen LogP contribution in [0.1, 0.15) is 17.7 Å². The number of carbonyl (C=O) groups is 1. The molecule has 1 aromatic carbocycles. The highest BCUT2D eigenvalue weighted by molar-refractivity contribution is 9.10. The van der Waals surface area contributed by atoms with E-state index in [1.165, 1.54) is 5.56 Å². The molecule has 1 N–H and O–H groups in total. The highest BCUT2D eigenvalue weighted by Crippen LogP contribution is 2.22. The molecule has 1 heterocycles. The number of thiazole rings is 1. The number of hydrogen-bond acceptors (Lipinski definition) is 4. The number of aliphatic carboxylic acids is 1. The normalized spacial score (nSPS) is 10.5. The minimum Gasteiger partial charge on any atom is -0.481 e. The van der Waals surface area contributed by atoms with Crippen LogP contribution >= 0.6 is 27.3 Å². The molecule has 0 spiro atoms. The van der Waals surface area contributed by atoms with E-state index in [1.54, 1.807) is 11.3 Å². The lowest BCUT2D eigenvalue weighted by atomic mass is 10.2. The molecule has 0 saturated heterocycles. The van der Waals surface area contributed by atoms with Crippen molar-refractivity contribution in [3.8, 4) is 0 Å². The molecule has 0 fully saturated rings. The third-order valence-corrected chi connectivity index (χ3v) is 4.33. The van der Waals surface area contributed by atoms with E-state index in [2.05, 4.69) is 37.9 Å². The van der Waals surface area contributed by atoms with Crippen LogP contribution in [-0.4, -0.2) is 23.1 Å². The molecular weight excluding hydrogens is 340 g/mol. The lowest BCUT2D eigenvalue weighted by Crippen LogP contribution is -2.16. The Labute approximate surface area is 130 Å². The first-order valence-electron chi connectivity index (χ1n) is 6.16. The van der Waals surface area contributed by atoms with Gasteiger partial charge in [-0.3, -0.25) is 4.79 Å². The van der Waals surface area contributed by atoms with Crippen LogP contribution in [0, 0.1) is 0 Å². The van der Waals surface area contributed by atoms with Gasteiger partial charge < -0.3 is 10.0 Å². The van der Waals surface area contributed by atoms with Gasteiger partial charge in [0.1, 0.15) is 0 Å². The van der Waals surface area contributed by atoms with Crippen LogP contribution < -0.4 is 4.90 Å². The Hall–Kier alpha value is -1.40. The van der Waals surface area contributed by atoms with Crippen molar-refractivity contribution in [2.45, 2.75) is 19.4 Å². The van der Waals surface area contributed by atoms with Gasteiger partial charge in [-0.2, -0.15) is 0 Å². The maximum Gasteiger partial charge on any atom is 0.303 e. The summed E-state index contributed by atoms with van der Waals surface area (Å²) in [6, 6.07) is 8.17. The Morgan fingerprint density at radius 2 is 2.10 bits per heavy atom. The Kier molecular flexibility index (Phi) is 5.14. The third-order valence-electron chi connectivity index (χ3n) is 2.79. The van der Waals surface area contributed by atoms with E-state index >= 15 is 0 Å². The lowest BCUT2D eigenvalue weighted by molar-refractivity contribution is -0.136. The molecule has 6 heteroatoms. The summed E-state index contributed by atoms with van der Waals surface area (Å²) in [7, 11) is 1.99. The molecule has 0 aliphatic carbocycles. The zero-order valence-electron chi connectivity index (χ0n) is 11.0. The maximum atomic E-state index is 10.5. The van der Waals surface area contributed by atoms with Crippen LogP contribution in [-0.2, 0) is 17.8 Å². The lowest BCUT2D eigenvalue weighted by Gasteiger charge is -2.15. The molecule has 2 aromatic rings. The molecule has 0 atom stereocenters. The first-order chi connectivity index (χ1) is 9.54. The van der Waals surface area contributed by atoms with Crippen LogP contribution in [0.4, 0.5) is 5.13 Å². The number of aromatic nitrogens is 1. The minimum atomic E-state index is -0.789. The van der Waals surface area contributed by atoms with Crippen LogP contribution in [0.5, 0.6) is 0 Å². The molecule has 106 valence electrons. The number of hydrogen-bond donors (Lipinski definition) is 1. The van der Waals surface area contributed by atoms with Gasteiger partial charge in [0.25, 0.3) is 0 Å². The summed E-state index contributed by atoms with van der Waals surface area (Å²) in [6.45, 7) is 0.777. The van der Waals surface area contributed by atoms with Crippen molar-refractivity contribution in [3.05, 3.63) is 45.4 Å². The van der Waals surface area contributed by atoms with Crippen molar-refractivity contribution in [2.75, 3.05) is 11.9 Å². The molecule has 1 aromatic heterocycles. The van der Waals surface area contributed by atoms with Gasteiger partial charge in [-0.05, 0) is 17.7 Å². The quantitative estimate of drug-likeness (QED) is 0.861. The van der Waals surface area contributed by atoms with Gasteiger partial charge in [-0.15, -0.1) is 11.3 Å². The summed E-state index contributed by atoms with van der Waals surface area (Å²) >= 11 is 4.96. The third kappa shape index (κ3) is 4.31. The second-order valence-electron chi connectivity index (χ2n) is 4.50. The molecule has 0 bridgehead atoms. The van der Waals surface area contributed by atoms with E-state index in [0.29, 0.717) is 6.42 Å². The van der Waals surface area contributed by atoms with Gasteiger partial charge in [-0.25, -0.2) is 4.98 Å². The number of halogens is 1. The van der Waals surface area contributed by atoms with Gasteiger partial charge in [0.05, 0.1) is 12.1 Å². The van der Waals surface area contributed by atoms with Crippen LogP contribution in [0.3, 0.4) is 0 Å². The molecule has 0 radical (unpaired) electrons. The fourth-order valence-electron chi connectivity index (χ4n) is 1.75. The molecule has 0 saturated carbocycles. The SMILES string of the molecule is CN(Cc1ccc(Br)cc1)c1nc(CCC(=O)O)cs1. The number of carboxylic acid groups (broad SMARTS) is 1. The van der Waals surface area contributed by atoms with Gasteiger partial charge >= 0.3 is 5.97 Å². The highest BCUT2D eigenvalue weighted by atomic mass is 79.9. The highest BCUT2D eigenvalue weighted by Gasteiger charge is 2.09. The molecule has 0 amide bonds. The summed E-state index contributed by atoms with van der Waals surface area (Å²) in [5.74, 6) is -0.789. The van der Waals surface area contributed by atoms with E-state index in [-0.39, 0.29) is 6.42 Å².